The molecule has 0 aliphatic carbocycles. The predicted octanol–water partition coefficient (Wildman–Crippen LogP) is 4.41. The summed E-state index contributed by atoms with van der Waals surface area (Å²) < 4.78 is 0. The number of hydrogen-bond acceptors (Lipinski definition) is 4. The number of aromatic nitrogens is 2. The second-order valence-electron chi connectivity index (χ2n) is 6.64. The zero-order valence-corrected chi connectivity index (χ0v) is 15.6. The first-order chi connectivity index (χ1) is 12.7. The highest BCUT2D eigenvalue weighted by Crippen LogP contribution is 2.33. The van der Waals surface area contributed by atoms with Gasteiger partial charge in [-0.15, -0.1) is 11.3 Å². The molecule has 26 heavy (non-hydrogen) atoms. The van der Waals surface area contributed by atoms with Crippen molar-refractivity contribution >= 4 is 17.2 Å². The van der Waals surface area contributed by atoms with Crippen LogP contribution in [0.4, 0.5) is 0 Å². The molecule has 0 radical (unpaired) electrons. The highest BCUT2D eigenvalue weighted by Gasteiger charge is 2.32. The van der Waals surface area contributed by atoms with Crippen LogP contribution in [-0.2, 0) is 6.42 Å². The van der Waals surface area contributed by atoms with Gasteiger partial charge in [0.2, 0.25) is 0 Å². The van der Waals surface area contributed by atoms with Crippen molar-refractivity contribution in [2.45, 2.75) is 32.2 Å². The maximum Gasteiger partial charge on any atom is 0.266 e. The van der Waals surface area contributed by atoms with Gasteiger partial charge in [-0.2, -0.15) is 0 Å². The van der Waals surface area contributed by atoms with E-state index in [0.29, 0.717) is 0 Å². The second-order valence-corrected chi connectivity index (χ2v) is 7.49. The molecule has 1 atom stereocenters. The summed E-state index contributed by atoms with van der Waals surface area (Å²) >= 11 is 1.42. The van der Waals surface area contributed by atoms with Crippen molar-refractivity contribution in [1.82, 2.24) is 14.9 Å². The van der Waals surface area contributed by atoms with Crippen LogP contribution < -0.4 is 0 Å². The van der Waals surface area contributed by atoms with E-state index in [1.807, 2.05) is 36.1 Å². The molecular weight excluding hydrogens is 342 g/mol. The van der Waals surface area contributed by atoms with Crippen LogP contribution in [0.15, 0.2) is 54.0 Å². The lowest BCUT2D eigenvalue weighted by Crippen LogP contribution is -2.31. The van der Waals surface area contributed by atoms with Crippen molar-refractivity contribution in [3.63, 3.8) is 0 Å². The van der Waals surface area contributed by atoms with Crippen LogP contribution in [0.25, 0.3) is 0 Å². The van der Waals surface area contributed by atoms with Gasteiger partial charge < -0.3 is 4.90 Å². The molecule has 3 aromatic rings. The molecule has 4 nitrogen and oxygen atoms in total. The average molecular weight is 363 g/mol. The highest BCUT2D eigenvalue weighted by atomic mass is 32.1. The zero-order valence-electron chi connectivity index (χ0n) is 14.8. The molecule has 1 aromatic carbocycles. The highest BCUT2D eigenvalue weighted by molar-refractivity contribution is 7.11. The summed E-state index contributed by atoms with van der Waals surface area (Å²) in [7, 11) is 0. The van der Waals surface area contributed by atoms with Crippen LogP contribution in [0.1, 0.15) is 51.2 Å². The Kier molecular flexibility index (Phi) is 4.80. The van der Waals surface area contributed by atoms with Crippen LogP contribution in [0.5, 0.6) is 0 Å². The maximum absolute atomic E-state index is 13.0. The smallest absolute Gasteiger partial charge is 0.266 e. The van der Waals surface area contributed by atoms with E-state index in [2.05, 4.69) is 29.2 Å². The fourth-order valence-electron chi connectivity index (χ4n) is 3.54. The zero-order chi connectivity index (χ0) is 17.9. The third-order valence-corrected chi connectivity index (χ3v) is 5.77. The lowest BCUT2D eigenvalue weighted by Gasteiger charge is -2.24. The number of pyridine rings is 1. The van der Waals surface area contributed by atoms with Gasteiger partial charge in [-0.05, 0) is 37.5 Å². The summed E-state index contributed by atoms with van der Waals surface area (Å²) in [6.07, 6.45) is 2.79. The van der Waals surface area contributed by atoms with E-state index in [4.69, 9.17) is 4.98 Å². The Balaban J connectivity index is 1.57. The number of carbonyl (C=O) groups is 1. The number of aryl methyl sites for hydroxylation is 1. The number of amides is 1. The molecule has 1 saturated heterocycles. The molecule has 5 heteroatoms. The molecule has 0 spiro atoms. The standard InChI is InChI=1S/C21H21N3OS/c1-15-20(26-14-22-15)21(25)24-12-6-11-19(24)18-10-5-9-17(23-18)13-16-7-3-2-4-8-16/h2-5,7-10,14,19H,6,11-13H2,1H3/t19-/m1/s1. The third-order valence-electron chi connectivity index (χ3n) is 4.85. The number of likely N-dealkylation sites (tertiary alicyclic amines) is 1. The van der Waals surface area contributed by atoms with Crippen molar-refractivity contribution in [3.8, 4) is 0 Å². The molecule has 1 aliphatic heterocycles. The van der Waals surface area contributed by atoms with E-state index in [-0.39, 0.29) is 11.9 Å². The van der Waals surface area contributed by atoms with E-state index in [0.717, 1.165) is 47.8 Å². The van der Waals surface area contributed by atoms with E-state index >= 15 is 0 Å². The molecule has 1 aliphatic rings. The van der Waals surface area contributed by atoms with Crippen molar-refractivity contribution in [3.05, 3.63) is 81.6 Å². The minimum absolute atomic E-state index is 0.0553. The molecule has 0 saturated carbocycles. The summed E-state index contributed by atoms with van der Waals surface area (Å²) in [4.78, 5) is 24.8. The maximum atomic E-state index is 13.0. The number of hydrogen-bond donors (Lipinski definition) is 0. The van der Waals surface area contributed by atoms with Crippen molar-refractivity contribution in [2.24, 2.45) is 0 Å². The van der Waals surface area contributed by atoms with Gasteiger partial charge in [0.1, 0.15) is 4.88 Å². The molecule has 2 aromatic heterocycles. The quantitative estimate of drug-likeness (QED) is 0.689. The first-order valence-electron chi connectivity index (χ1n) is 8.93. The Morgan fingerprint density at radius 2 is 2.04 bits per heavy atom. The molecule has 0 N–H and O–H groups in total. The van der Waals surface area contributed by atoms with Gasteiger partial charge in [-0.25, -0.2) is 4.98 Å². The molecule has 1 amide bonds. The van der Waals surface area contributed by atoms with Gasteiger partial charge >= 0.3 is 0 Å². The van der Waals surface area contributed by atoms with E-state index in [9.17, 15) is 4.79 Å². The van der Waals surface area contributed by atoms with Crippen LogP contribution in [-0.4, -0.2) is 27.3 Å². The molecule has 0 unspecified atom stereocenters. The monoisotopic (exact) mass is 363 g/mol. The van der Waals surface area contributed by atoms with Crippen molar-refractivity contribution in [2.75, 3.05) is 6.54 Å². The minimum atomic E-state index is 0.0553. The van der Waals surface area contributed by atoms with E-state index < -0.39 is 0 Å². The predicted molar refractivity (Wildman–Crippen MR) is 103 cm³/mol. The Labute approximate surface area is 157 Å². The van der Waals surface area contributed by atoms with Gasteiger partial charge in [0, 0.05) is 18.7 Å². The number of carbonyl (C=O) groups excluding carboxylic acids is 1. The van der Waals surface area contributed by atoms with Crippen molar-refractivity contribution in [1.29, 1.82) is 0 Å². The van der Waals surface area contributed by atoms with Gasteiger partial charge in [0.15, 0.2) is 0 Å². The number of benzene rings is 1. The Bertz CT molecular complexity index is 906. The van der Waals surface area contributed by atoms with E-state index in [1.54, 1.807) is 5.51 Å². The van der Waals surface area contributed by atoms with Gasteiger partial charge in [-0.3, -0.25) is 9.78 Å². The molecular formula is C21H21N3OS. The molecule has 132 valence electrons. The Morgan fingerprint density at radius 3 is 2.81 bits per heavy atom. The molecule has 0 bridgehead atoms. The lowest BCUT2D eigenvalue weighted by atomic mass is 10.1. The number of thiazole rings is 1. The van der Waals surface area contributed by atoms with Gasteiger partial charge in [-0.1, -0.05) is 36.4 Å². The molecule has 3 heterocycles. The van der Waals surface area contributed by atoms with Gasteiger partial charge in [0.05, 0.1) is 22.9 Å². The lowest BCUT2D eigenvalue weighted by molar-refractivity contribution is 0.0736. The first kappa shape index (κ1) is 16.9. The fourth-order valence-corrected chi connectivity index (χ4v) is 4.30. The van der Waals surface area contributed by atoms with Crippen LogP contribution >= 0.6 is 11.3 Å². The summed E-state index contributed by atoms with van der Waals surface area (Å²) in [5.74, 6) is 0.0859. The number of nitrogens with zero attached hydrogens (tertiary/aromatic N) is 3. The minimum Gasteiger partial charge on any atom is -0.329 e. The van der Waals surface area contributed by atoms with Crippen LogP contribution in [0, 0.1) is 6.92 Å². The number of rotatable bonds is 4. The summed E-state index contributed by atoms with van der Waals surface area (Å²) in [6, 6.07) is 16.6. The van der Waals surface area contributed by atoms with Crippen molar-refractivity contribution < 1.29 is 4.79 Å². The Morgan fingerprint density at radius 1 is 1.19 bits per heavy atom. The van der Waals surface area contributed by atoms with E-state index in [1.165, 1.54) is 16.9 Å². The summed E-state index contributed by atoms with van der Waals surface area (Å²) in [5.41, 5.74) is 5.84. The summed E-state index contributed by atoms with van der Waals surface area (Å²) in [6.45, 7) is 2.68. The average Bonchev–Trinajstić information content (AvgIpc) is 3.31. The molecule has 1 fully saturated rings. The normalized spacial score (nSPS) is 16.8. The SMILES string of the molecule is Cc1ncsc1C(=O)N1CCC[C@@H]1c1cccc(Cc2ccccc2)n1. The Hall–Kier alpha value is -2.53. The topological polar surface area (TPSA) is 46.1 Å². The summed E-state index contributed by atoms with van der Waals surface area (Å²) in [5, 5.41) is 0. The van der Waals surface area contributed by atoms with Gasteiger partial charge in [0.25, 0.3) is 5.91 Å². The largest absolute Gasteiger partial charge is 0.329 e. The first-order valence-corrected chi connectivity index (χ1v) is 9.81. The second kappa shape index (κ2) is 7.38. The van der Waals surface area contributed by atoms with Crippen LogP contribution in [0.2, 0.25) is 0 Å². The molecule has 4 rings (SSSR count). The van der Waals surface area contributed by atoms with Crippen LogP contribution in [0.3, 0.4) is 0 Å². The third kappa shape index (κ3) is 3.40. The fraction of sp³-hybridized carbons (Fsp3) is 0.286.